The Morgan fingerprint density at radius 3 is 2.73 bits per heavy atom. The van der Waals surface area contributed by atoms with Crippen LogP contribution in [0.3, 0.4) is 0 Å². The molecule has 1 aromatic carbocycles. The van der Waals surface area contributed by atoms with E-state index in [9.17, 15) is 0 Å². The molecular weight excluding hydrogens is 317 g/mol. The summed E-state index contributed by atoms with van der Waals surface area (Å²) in [6, 6.07) is 8.23. The van der Waals surface area contributed by atoms with Crippen LogP contribution in [0.2, 0.25) is 0 Å². The van der Waals surface area contributed by atoms with Crippen molar-refractivity contribution in [1.29, 1.82) is 0 Å². The number of benzene rings is 1. The second kappa shape index (κ2) is 2.79. The number of H-pyrrole nitrogens is 1. The van der Waals surface area contributed by atoms with Gasteiger partial charge in [0.15, 0.2) is 0 Å². The maximum absolute atomic E-state index is 3.51. The van der Waals surface area contributed by atoms with Crippen LogP contribution in [0.4, 0.5) is 0 Å². The molecule has 0 saturated heterocycles. The van der Waals surface area contributed by atoms with E-state index in [1.807, 2.05) is 12.1 Å². The number of hydrogen-bond acceptors (Lipinski definition) is 0. The third-order valence-electron chi connectivity index (χ3n) is 1.60. The Labute approximate surface area is 86.5 Å². The number of halogens is 2. The zero-order valence-electron chi connectivity index (χ0n) is 5.57. The zero-order valence-corrected chi connectivity index (χ0v) is 9.31. The van der Waals surface area contributed by atoms with Crippen molar-refractivity contribution in [3.63, 3.8) is 0 Å². The maximum atomic E-state index is 3.51. The van der Waals surface area contributed by atoms with Crippen molar-refractivity contribution in [3.8, 4) is 0 Å². The zero-order chi connectivity index (χ0) is 7.84. The van der Waals surface area contributed by atoms with Crippen LogP contribution in [0, 0.1) is 3.70 Å². The Morgan fingerprint density at radius 2 is 2.00 bits per heavy atom. The van der Waals surface area contributed by atoms with Crippen molar-refractivity contribution in [3.05, 3.63) is 32.4 Å². The summed E-state index contributed by atoms with van der Waals surface area (Å²) in [5.74, 6) is 0. The molecule has 0 atom stereocenters. The lowest BCUT2D eigenvalue weighted by Crippen LogP contribution is -1.64. The second-order valence-electron chi connectivity index (χ2n) is 2.30. The van der Waals surface area contributed by atoms with Crippen LogP contribution >= 0.6 is 38.5 Å². The summed E-state index contributed by atoms with van der Waals surface area (Å²) in [7, 11) is 0. The molecule has 56 valence electrons. The Morgan fingerprint density at radius 1 is 1.27 bits per heavy atom. The van der Waals surface area contributed by atoms with Crippen LogP contribution < -0.4 is 0 Å². The molecule has 0 aliphatic heterocycles. The van der Waals surface area contributed by atoms with E-state index < -0.39 is 0 Å². The van der Waals surface area contributed by atoms with Gasteiger partial charge in [0.2, 0.25) is 0 Å². The maximum Gasteiger partial charge on any atom is 0.0926 e. The fourth-order valence-corrected chi connectivity index (χ4v) is 2.10. The van der Waals surface area contributed by atoms with Gasteiger partial charge in [-0.05, 0) is 44.6 Å². The highest BCUT2D eigenvalue weighted by atomic mass is 127. The minimum Gasteiger partial charge on any atom is -0.349 e. The number of nitrogens with one attached hydrogen (secondary N) is 1. The van der Waals surface area contributed by atoms with E-state index in [4.69, 9.17) is 0 Å². The molecule has 1 N–H and O–H groups in total. The first kappa shape index (κ1) is 7.61. The predicted octanol–water partition coefficient (Wildman–Crippen LogP) is 3.54. The van der Waals surface area contributed by atoms with E-state index in [2.05, 4.69) is 55.6 Å². The van der Waals surface area contributed by atoms with E-state index in [-0.39, 0.29) is 0 Å². The lowest BCUT2D eigenvalue weighted by Gasteiger charge is -1.85. The highest BCUT2D eigenvalue weighted by Crippen LogP contribution is 2.28. The largest absolute Gasteiger partial charge is 0.349 e. The van der Waals surface area contributed by atoms with Gasteiger partial charge in [-0.2, -0.15) is 0 Å². The minimum absolute atomic E-state index is 1.16. The molecule has 0 spiro atoms. The molecule has 0 aliphatic carbocycles. The van der Waals surface area contributed by atoms with Crippen LogP contribution in [0.25, 0.3) is 10.9 Å². The van der Waals surface area contributed by atoms with Gasteiger partial charge in [0, 0.05) is 10.9 Å². The average molecular weight is 322 g/mol. The van der Waals surface area contributed by atoms with Gasteiger partial charge in [-0.1, -0.05) is 18.2 Å². The summed E-state index contributed by atoms with van der Waals surface area (Å²) in [5, 5.41) is 1.25. The van der Waals surface area contributed by atoms with Gasteiger partial charge < -0.3 is 4.98 Å². The van der Waals surface area contributed by atoms with Crippen molar-refractivity contribution in [2.75, 3.05) is 0 Å². The molecule has 0 saturated carbocycles. The monoisotopic (exact) mass is 321 g/mol. The summed E-state index contributed by atoms with van der Waals surface area (Å²) in [4.78, 5) is 3.27. The highest BCUT2D eigenvalue weighted by molar-refractivity contribution is 14.1. The molecule has 0 bridgehead atoms. The van der Waals surface area contributed by atoms with Crippen LogP contribution in [0.15, 0.2) is 28.7 Å². The summed E-state index contributed by atoms with van der Waals surface area (Å²) >= 11 is 5.79. The molecule has 2 rings (SSSR count). The topological polar surface area (TPSA) is 15.8 Å². The van der Waals surface area contributed by atoms with Gasteiger partial charge >= 0.3 is 0 Å². The first-order chi connectivity index (χ1) is 5.29. The van der Waals surface area contributed by atoms with Gasteiger partial charge in [-0.25, -0.2) is 0 Å². The number of rotatable bonds is 0. The molecule has 1 aromatic heterocycles. The summed E-state index contributed by atoms with van der Waals surface area (Å²) < 4.78 is 2.32. The molecule has 0 amide bonds. The fourth-order valence-electron chi connectivity index (χ4n) is 1.07. The first-order valence-corrected chi connectivity index (χ1v) is 5.08. The second-order valence-corrected chi connectivity index (χ2v) is 4.17. The van der Waals surface area contributed by atoms with Crippen molar-refractivity contribution >= 4 is 49.4 Å². The normalized spacial score (nSPS) is 10.7. The number of aromatic nitrogens is 1. The highest BCUT2D eigenvalue weighted by Gasteiger charge is 2.03. The molecule has 0 unspecified atom stereocenters. The van der Waals surface area contributed by atoms with Gasteiger partial charge in [0.05, 0.1) is 8.17 Å². The van der Waals surface area contributed by atoms with E-state index in [1.54, 1.807) is 0 Å². The molecule has 0 aliphatic rings. The van der Waals surface area contributed by atoms with Crippen LogP contribution in [-0.2, 0) is 0 Å². The molecule has 1 heterocycles. The molecular formula is C8H5BrIN. The lowest BCUT2D eigenvalue weighted by molar-refractivity contribution is 1.39. The van der Waals surface area contributed by atoms with Crippen molar-refractivity contribution in [2.45, 2.75) is 0 Å². The molecule has 3 heteroatoms. The fraction of sp³-hybridized carbons (Fsp3) is 0. The van der Waals surface area contributed by atoms with E-state index >= 15 is 0 Å². The van der Waals surface area contributed by atoms with Gasteiger partial charge in [0.25, 0.3) is 0 Å². The number of hydrogen-bond donors (Lipinski definition) is 1. The Hall–Kier alpha value is -0.0300. The smallest absolute Gasteiger partial charge is 0.0926 e. The van der Waals surface area contributed by atoms with Crippen molar-refractivity contribution in [2.24, 2.45) is 0 Å². The third kappa shape index (κ3) is 1.20. The standard InChI is InChI=1S/C8H5BrIN/c9-7-5-3-1-2-4-6(5)11-8(7)10/h1-4,11H. The molecule has 11 heavy (non-hydrogen) atoms. The Balaban J connectivity index is 2.92. The van der Waals surface area contributed by atoms with Crippen molar-refractivity contribution < 1.29 is 0 Å². The molecule has 0 fully saturated rings. The van der Waals surface area contributed by atoms with Crippen LogP contribution in [0.1, 0.15) is 0 Å². The quantitative estimate of drug-likeness (QED) is 0.714. The third-order valence-corrected chi connectivity index (χ3v) is 3.97. The number of para-hydroxylation sites is 1. The molecule has 0 radical (unpaired) electrons. The average Bonchev–Trinajstić information content (AvgIpc) is 2.30. The van der Waals surface area contributed by atoms with Gasteiger partial charge in [-0.15, -0.1) is 0 Å². The SMILES string of the molecule is Brc1c(I)[nH]c2ccccc12. The van der Waals surface area contributed by atoms with Gasteiger partial charge in [0.1, 0.15) is 0 Å². The van der Waals surface area contributed by atoms with Crippen LogP contribution in [0.5, 0.6) is 0 Å². The Bertz CT molecular complexity index is 394. The minimum atomic E-state index is 1.16. The van der Waals surface area contributed by atoms with Crippen LogP contribution in [-0.4, -0.2) is 4.98 Å². The summed E-state index contributed by atoms with van der Waals surface area (Å²) in [6.45, 7) is 0. The van der Waals surface area contributed by atoms with E-state index in [0.29, 0.717) is 0 Å². The Kier molecular flexibility index (Phi) is 1.93. The number of fused-ring (bicyclic) bond motifs is 1. The summed E-state index contributed by atoms with van der Waals surface area (Å²) in [6.07, 6.45) is 0. The van der Waals surface area contributed by atoms with E-state index in [1.165, 1.54) is 10.9 Å². The molecule has 1 nitrogen and oxygen atoms in total. The van der Waals surface area contributed by atoms with Gasteiger partial charge in [-0.3, -0.25) is 0 Å². The predicted molar refractivity (Wildman–Crippen MR) is 58.7 cm³/mol. The van der Waals surface area contributed by atoms with E-state index in [0.717, 1.165) is 8.17 Å². The number of aromatic amines is 1. The van der Waals surface area contributed by atoms with Crippen molar-refractivity contribution in [1.82, 2.24) is 4.98 Å². The summed E-state index contributed by atoms with van der Waals surface area (Å²) in [5.41, 5.74) is 1.18. The lowest BCUT2D eigenvalue weighted by atomic mass is 10.3. The molecule has 2 aromatic rings. The first-order valence-electron chi connectivity index (χ1n) is 3.21.